The molecule has 0 aromatic heterocycles. The summed E-state index contributed by atoms with van der Waals surface area (Å²) in [5, 5.41) is 2.95. The van der Waals surface area contributed by atoms with Crippen molar-refractivity contribution in [3.63, 3.8) is 0 Å². The van der Waals surface area contributed by atoms with Gasteiger partial charge >= 0.3 is 0 Å². The summed E-state index contributed by atoms with van der Waals surface area (Å²) in [6, 6.07) is 22.4. The fraction of sp³-hybridized carbons (Fsp3) is 0.250. The van der Waals surface area contributed by atoms with Gasteiger partial charge in [-0.15, -0.1) is 0 Å². The van der Waals surface area contributed by atoms with Gasteiger partial charge in [-0.2, -0.15) is 0 Å². The van der Waals surface area contributed by atoms with Gasteiger partial charge in [0, 0.05) is 17.9 Å². The van der Waals surface area contributed by atoms with E-state index in [0.717, 1.165) is 11.3 Å². The number of hydrogen-bond acceptors (Lipinski definition) is 3. The summed E-state index contributed by atoms with van der Waals surface area (Å²) in [5.41, 5.74) is 7.72. The van der Waals surface area contributed by atoms with Crippen LogP contribution in [0.4, 0.5) is 11.4 Å². The average molecular weight is 409 g/mol. The first-order chi connectivity index (χ1) is 13.7. The highest BCUT2D eigenvalue weighted by atomic mass is 32.2. The monoisotopic (exact) mass is 408 g/mol. The van der Waals surface area contributed by atoms with Crippen LogP contribution in [0, 0.1) is 13.8 Å². The lowest BCUT2D eigenvalue weighted by Gasteiger charge is -2.12. The van der Waals surface area contributed by atoms with Gasteiger partial charge in [0.1, 0.15) is 0 Å². The largest absolute Gasteiger partial charge is 0.381 e. The quantitative estimate of drug-likeness (QED) is 0.525. The van der Waals surface area contributed by atoms with Gasteiger partial charge in [0.2, 0.25) is 10.0 Å². The van der Waals surface area contributed by atoms with Gasteiger partial charge in [0.15, 0.2) is 0 Å². The number of aryl methyl sites for hydroxylation is 2. The Kier molecular flexibility index (Phi) is 6.28. The highest BCUT2D eigenvalue weighted by molar-refractivity contribution is 7.93. The molecule has 0 bridgehead atoms. The van der Waals surface area contributed by atoms with Crippen molar-refractivity contribution in [1.29, 1.82) is 0 Å². The van der Waals surface area contributed by atoms with Crippen molar-refractivity contribution in [3.8, 4) is 11.1 Å². The molecule has 0 saturated heterocycles. The van der Waals surface area contributed by atoms with Gasteiger partial charge in [-0.05, 0) is 79.8 Å². The van der Waals surface area contributed by atoms with Crippen LogP contribution in [-0.4, -0.2) is 13.7 Å². The van der Waals surface area contributed by atoms with E-state index < -0.39 is 15.3 Å². The Morgan fingerprint density at radius 3 is 1.93 bits per heavy atom. The zero-order valence-corrected chi connectivity index (χ0v) is 18.2. The molecule has 0 fully saturated rings. The zero-order valence-electron chi connectivity index (χ0n) is 17.4. The SMILES string of the molecule is Cc1ccc(-c2ccc(NCc3ccc(NS(=O)(=O)C(C)C)cc3)cc2)cc1C. The van der Waals surface area contributed by atoms with Gasteiger partial charge in [0.25, 0.3) is 0 Å². The molecule has 0 aliphatic rings. The lowest BCUT2D eigenvalue weighted by atomic mass is 10.0. The standard InChI is InChI=1S/C24H28N2O2S/c1-17(2)29(27,28)26-24-11-6-20(7-12-24)16-25-23-13-9-21(10-14-23)22-8-5-18(3)19(4)15-22/h5-15,17,25-26H,16H2,1-4H3. The van der Waals surface area contributed by atoms with Crippen molar-refractivity contribution in [2.45, 2.75) is 39.5 Å². The fourth-order valence-corrected chi connectivity index (χ4v) is 3.58. The summed E-state index contributed by atoms with van der Waals surface area (Å²) in [6.45, 7) is 8.24. The van der Waals surface area contributed by atoms with E-state index in [1.807, 2.05) is 12.1 Å². The van der Waals surface area contributed by atoms with Gasteiger partial charge in [-0.3, -0.25) is 4.72 Å². The normalized spacial score (nSPS) is 11.5. The molecule has 0 heterocycles. The number of sulfonamides is 1. The van der Waals surface area contributed by atoms with E-state index in [-0.39, 0.29) is 0 Å². The predicted octanol–water partition coefficient (Wildman–Crippen LogP) is 5.73. The first-order valence-electron chi connectivity index (χ1n) is 9.77. The Hall–Kier alpha value is -2.79. The molecule has 29 heavy (non-hydrogen) atoms. The number of benzene rings is 3. The fourth-order valence-electron chi connectivity index (χ4n) is 2.88. The first-order valence-corrected chi connectivity index (χ1v) is 11.3. The van der Waals surface area contributed by atoms with E-state index in [9.17, 15) is 8.42 Å². The third-order valence-electron chi connectivity index (χ3n) is 5.06. The van der Waals surface area contributed by atoms with E-state index >= 15 is 0 Å². The molecule has 0 saturated carbocycles. The maximum atomic E-state index is 11.9. The smallest absolute Gasteiger partial charge is 0.235 e. The van der Waals surface area contributed by atoms with Crippen LogP contribution in [0.2, 0.25) is 0 Å². The van der Waals surface area contributed by atoms with Crippen LogP contribution < -0.4 is 10.0 Å². The molecular weight excluding hydrogens is 380 g/mol. The van der Waals surface area contributed by atoms with Crippen LogP contribution in [0.5, 0.6) is 0 Å². The molecule has 5 heteroatoms. The lowest BCUT2D eigenvalue weighted by Crippen LogP contribution is -2.22. The van der Waals surface area contributed by atoms with Crippen molar-refractivity contribution in [1.82, 2.24) is 0 Å². The van der Waals surface area contributed by atoms with E-state index in [1.165, 1.54) is 22.3 Å². The molecule has 4 nitrogen and oxygen atoms in total. The second-order valence-electron chi connectivity index (χ2n) is 7.62. The Morgan fingerprint density at radius 1 is 0.759 bits per heavy atom. The van der Waals surface area contributed by atoms with E-state index in [0.29, 0.717) is 12.2 Å². The zero-order chi connectivity index (χ0) is 21.0. The first kappa shape index (κ1) is 20.9. The second kappa shape index (κ2) is 8.70. The maximum absolute atomic E-state index is 11.9. The maximum Gasteiger partial charge on any atom is 0.235 e. The molecule has 0 unspecified atom stereocenters. The Bertz CT molecular complexity index is 1070. The third kappa shape index (κ3) is 5.39. The van der Waals surface area contributed by atoms with Crippen molar-refractivity contribution in [2.24, 2.45) is 0 Å². The van der Waals surface area contributed by atoms with Crippen LogP contribution in [0.3, 0.4) is 0 Å². The molecule has 0 aliphatic heterocycles. The van der Waals surface area contributed by atoms with E-state index in [1.54, 1.807) is 26.0 Å². The van der Waals surface area contributed by atoms with Crippen LogP contribution in [-0.2, 0) is 16.6 Å². The summed E-state index contributed by atoms with van der Waals surface area (Å²) < 4.78 is 26.5. The molecular formula is C24H28N2O2S. The summed E-state index contributed by atoms with van der Waals surface area (Å²) in [7, 11) is -3.32. The molecule has 2 N–H and O–H groups in total. The van der Waals surface area contributed by atoms with Crippen molar-refractivity contribution >= 4 is 21.4 Å². The van der Waals surface area contributed by atoms with Crippen molar-refractivity contribution in [2.75, 3.05) is 10.0 Å². The molecule has 0 atom stereocenters. The molecule has 0 aliphatic carbocycles. The molecule has 0 radical (unpaired) electrons. The van der Waals surface area contributed by atoms with Gasteiger partial charge in [-0.25, -0.2) is 8.42 Å². The number of nitrogens with one attached hydrogen (secondary N) is 2. The summed E-state index contributed by atoms with van der Waals surface area (Å²) in [5.74, 6) is 0. The predicted molar refractivity (Wildman–Crippen MR) is 123 cm³/mol. The molecule has 0 spiro atoms. The van der Waals surface area contributed by atoms with Crippen LogP contribution >= 0.6 is 0 Å². The molecule has 3 rings (SSSR count). The Labute approximate surface area is 174 Å². The van der Waals surface area contributed by atoms with Crippen molar-refractivity contribution in [3.05, 3.63) is 83.4 Å². The van der Waals surface area contributed by atoms with Crippen LogP contribution in [0.25, 0.3) is 11.1 Å². The molecule has 3 aromatic rings. The minimum atomic E-state index is -3.32. The lowest BCUT2D eigenvalue weighted by molar-refractivity contribution is 0.593. The van der Waals surface area contributed by atoms with Gasteiger partial charge in [0.05, 0.1) is 5.25 Å². The number of rotatable bonds is 7. The minimum Gasteiger partial charge on any atom is -0.381 e. The third-order valence-corrected chi connectivity index (χ3v) is 6.82. The Balaban J connectivity index is 1.60. The summed E-state index contributed by atoms with van der Waals surface area (Å²) >= 11 is 0. The number of anilines is 2. The highest BCUT2D eigenvalue weighted by Crippen LogP contribution is 2.24. The Morgan fingerprint density at radius 2 is 1.34 bits per heavy atom. The highest BCUT2D eigenvalue weighted by Gasteiger charge is 2.15. The van der Waals surface area contributed by atoms with E-state index in [2.05, 4.69) is 66.4 Å². The molecule has 152 valence electrons. The van der Waals surface area contributed by atoms with E-state index in [4.69, 9.17) is 0 Å². The minimum absolute atomic E-state index is 0.462. The summed E-state index contributed by atoms with van der Waals surface area (Å²) in [4.78, 5) is 0. The van der Waals surface area contributed by atoms with Crippen LogP contribution in [0.15, 0.2) is 66.7 Å². The van der Waals surface area contributed by atoms with Crippen LogP contribution in [0.1, 0.15) is 30.5 Å². The molecule has 3 aromatic carbocycles. The molecule has 0 amide bonds. The van der Waals surface area contributed by atoms with Crippen molar-refractivity contribution < 1.29 is 8.42 Å². The summed E-state index contributed by atoms with van der Waals surface area (Å²) in [6.07, 6.45) is 0. The van der Waals surface area contributed by atoms with Gasteiger partial charge < -0.3 is 5.32 Å². The topological polar surface area (TPSA) is 58.2 Å². The average Bonchev–Trinajstić information content (AvgIpc) is 2.69. The van der Waals surface area contributed by atoms with Gasteiger partial charge in [-0.1, -0.05) is 42.5 Å². The number of hydrogen-bond donors (Lipinski definition) is 2. The second-order valence-corrected chi connectivity index (χ2v) is 9.86.